The minimum absolute atomic E-state index is 0.134. The molecular formula is C21H24N2O4. The number of ether oxygens (including phenoxy) is 2. The Hall–Kier alpha value is -3.02. The first-order valence-electron chi connectivity index (χ1n) is 8.99. The normalized spacial score (nSPS) is 12.4. The summed E-state index contributed by atoms with van der Waals surface area (Å²) >= 11 is 0. The van der Waals surface area contributed by atoms with Crippen LogP contribution >= 0.6 is 0 Å². The van der Waals surface area contributed by atoms with Gasteiger partial charge in [-0.3, -0.25) is 9.59 Å². The van der Waals surface area contributed by atoms with E-state index in [4.69, 9.17) is 9.47 Å². The number of amides is 2. The Morgan fingerprint density at radius 3 is 2.44 bits per heavy atom. The predicted octanol–water partition coefficient (Wildman–Crippen LogP) is 3.46. The first-order valence-corrected chi connectivity index (χ1v) is 8.99. The standard InChI is InChI=1S/C21H24N2O4/c1-14-4-5-17(12-15(14)2)22-21(25)8-9-23(16(3)24)18-6-7-19-20(13-18)27-11-10-26-19/h4-7,12-13H,8-11H2,1-3H3,(H,22,25). The van der Waals surface area contributed by atoms with Gasteiger partial charge in [-0.2, -0.15) is 0 Å². The lowest BCUT2D eigenvalue weighted by atomic mass is 10.1. The van der Waals surface area contributed by atoms with Crippen molar-refractivity contribution in [3.63, 3.8) is 0 Å². The molecule has 2 aromatic carbocycles. The minimum atomic E-state index is -0.137. The quantitative estimate of drug-likeness (QED) is 0.878. The van der Waals surface area contributed by atoms with Crippen molar-refractivity contribution in [1.82, 2.24) is 0 Å². The lowest BCUT2D eigenvalue weighted by molar-refractivity contribution is -0.117. The van der Waals surface area contributed by atoms with Crippen molar-refractivity contribution in [3.8, 4) is 11.5 Å². The van der Waals surface area contributed by atoms with Gasteiger partial charge in [0.2, 0.25) is 11.8 Å². The molecule has 3 rings (SSSR count). The highest BCUT2D eigenvalue weighted by Crippen LogP contribution is 2.34. The molecule has 0 radical (unpaired) electrons. The molecule has 6 nitrogen and oxygen atoms in total. The van der Waals surface area contributed by atoms with Crippen LogP contribution in [0.2, 0.25) is 0 Å². The molecule has 1 aliphatic rings. The largest absolute Gasteiger partial charge is 0.486 e. The second-order valence-corrected chi connectivity index (χ2v) is 6.60. The van der Waals surface area contributed by atoms with E-state index in [9.17, 15) is 9.59 Å². The molecule has 1 N–H and O–H groups in total. The summed E-state index contributed by atoms with van der Waals surface area (Å²) in [5.41, 5.74) is 3.74. The number of nitrogens with one attached hydrogen (secondary N) is 1. The molecule has 0 spiro atoms. The summed E-state index contributed by atoms with van der Waals surface area (Å²) in [6, 6.07) is 11.2. The van der Waals surface area contributed by atoms with Crippen LogP contribution in [0.25, 0.3) is 0 Å². The SMILES string of the molecule is CC(=O)N(CCC(=O)Nc1ccc(C)c(C)c1)c1ccc2c(c1)OCCO2. The third-order valence-corrected chi connectivity index (χ3v) is 4.57. The topological polar surface area (TPSA) is 67.9 Å². The molecule has 2 amide bonds. The van der Waals surface area contributed by atoms with Crippen molar-refractivity contribution in [2.75, 3.05) is 30.0 Å². The lowest BCUT2D eigenvalue weighted by Crippen LogP contribution is -2.32. The average molecular weight is 368 g/mol. The van der Waals surface area contributed by atoms with Gasteiger partial charge in [0.1, 0.15) is 13.2 Å². The van der Waals surface area contributed by atoms with Gasteiger partial charge in [0.05, 0.1) is 0 Å². The van der Waals surface area contributed by atoms with E-state index >= 15 is 0 Å². The number of aryl methyl sites for hydroxylation is 2. The van der Waals surface area contributed by atoms with E-state index < -0.39 is 0 Å². The second-order valence-electron chi connectivity index (χ2n) is 6.60. The number of fused-ring (bicyclic) bond motifs is 1. The smallest absolute Gasteiger partial charge is 0.226 e. The molecule has 0 unspecified atom stereocenters. The van der Waals surface area contributed by atoms with E-state index in [2.05, 4.69) is 5.32 Å². The van der Waals surface area contributed by atoms with Gasteiger partial charge in [-0.25, -0.2) is 0 Å². The van der Waals surface area contributed by atoms with Crippen LogP contribution in [0.4, 0.5) is 11.4 Å². The van der Waals surface area contributed by atoms with Crippen molar-refractivity contribution in [2.24, 2.45) is 0 Å². The number of hydrogen-bond acceptors (Lipinski definition) is 4. The first kappa shape index (κ1) is 18.8. The van der Waals surface area contributed by atoms with Crippen LogP contribution in [0, 0.1) is 13.8 Å². The Labute approximate surface area is 159 Å². The van der Waals surface area contributed by atoms with E-state index in [1.807, 2.05) is 32.0 Å². The summed E-state index contributed by atoms with van der Waals surface area (Å²) in [5.74, 6) is 1.01. The van der Waals surface area contributed by atoms with E-state index in [0.29, 0.717) is 30.4 Å². The fourth-order valence-electron chi connectivity index (χ4n) is 2.92. The Morgan fingerprint density at radius 2 is 1.74 bits per heavy atom. The van der Waals surface area contributed by atoms with Crippen LogP contribution in [0.5, 0.6) is 11.5 Å². The van der Waals surface area contributed by atoms with Crippen LogP contribution in [0.1, 0.15) is 24.5 Å². The van der Waals surface area contributed by atoms with Crippen LogP contribution in [0.15, 0.2) is 36.4 Å². The van der Waals surface area contributed by atoms with Crippen LogP contribution in [-0.2, 0) is 9.59 Å². The molecule has 0 aliphatic carbocycles. The highest BCUT2D eigenvalue weighted by atomic mass is 16.6. The fraction of sp³-hybridized carbons (Fsp3) is 0.333. The molecule has 0 bridgehead atoms. The van der Waals surface area contributed by atoms with Crippen LogP contribution in [-0.4, -0.2) is 31.6 Å². The molecule has 2 aromatic rings. The Kier molecular flexibility index (Phi) is 5.64. The Morgan fingerprint density at radius 1 is 1.00 bits per heavy atom. The second kappa shape index (κ2) is 8.12. The molecular weight excluding hydrogens is 344 g/mol. The van der Waals surface area contributed by atoms with Crippen LogP contribution < -0.4 is 19.7 Å². The maximum atomic E-state index is 12.3. The number of hydrogen-bond donors (Lipinski definition) is 1. The lowest BCUT2D eigenvalue weighted by Gasteiger charge is -2.24. The van der Waals surface area contributed by atoms with Crippen molar-refractivity contribution in [2.45, 2.75) is 27.2 Å². The summed E-state index contributed by atoms with van der Waals surface area (Å²) < 4.78 is 11.1. The van der Waals surface area contributed by atoms with Gasteiger partial charge in [-0.05, 0) is 49.2 Å². The monoisotopic (exact) mass is 368 g/mol. The van der Waals surface area contributed by atoms with Gasteiger partial charge in [-0.1, -0.05) is 6.07 Å². The summed E-state index contributed by atoms with van der Waals surface area (Å²) in [6.45, 7) is 6.80. The maximum Gasteiger partial charge on any atom is 0.226 e. The van der Waals surface area contributed by atoms with Gasteiger partial charge in [0.25, 0.3) is 0 Å². The van der Waals surface area contributed by atoms with Gasteiger partial charge in [-0.15, -0.1) is 0 Å². The zero-order valence-electron chi connectivity index (χ0n) is 15.9. The highest BCUT2D eigenvalue weighted by molar-refractivity contribution is 5.95. The summed E-state index contributed by atoms with van der Waals surface area (Å²) in [7, 11) is 0. The average Bonchev–Trinajstić information content (AvgIpc) is 2.64. The zero-order chi connectivity index (χ0) is 19.4. The number of anilines is 2. The molecule has 1 heterocycles. The Balaban J connectivity index is 1.65. The van der Waals surface area contributed by atoms with Crippen molar-refractivity contribution in [3.05, 3.63) is 47.5 Å². The predicted molar refractivity (Wildman–Crippen MR) is 105 cm³/mol. The summed E-state index contributed by atoms with van der Waals surface area (Å²) in [5, 5.41) is 2.88. The van der Waals surface area contributed by atoms with E-state index in [0.717, 1.165) is 11.3 Å². The number of rotatable bonds is 5. The third-order valence-electron chi connectivity index (χ3n) is 4.57. The number of nitrogens with zero attached hydrogens (tertiary/aromatic N) is 1. The van der Waals surface area contributed by atoms with Gasteiger partial charge < -0.3 is 19.7 Å². The molecule has 0 aromatic heterocycles. The van der Waals surface area contributed by atoms with E-state index in [1.54, 1.807) is 23.1 Å². The highest BCUT2D eigenvalue weighted by Gasteiger charge is 2.18. The van der Waals surface area contributed by atoms with Crippen molar-refractivity contribution < 1.29 is 19.1 Å². The first-order chi connectivity index (χ1) is 12.9. The Bertz CT molecular complexity index is 863. The van der Waals surface area contributed by atoms with Crippen molar-refractivity contribution in [1.29, 1.82) is 0 Å². The maximum absolute atomic E-state index is 12.3. The molecule has 0 atom stereocenters. The number of carbonyl (C=O) groups excluding carboxylic acids is 2. The van der Waals surface area contributed by atoms with Crippen LogP contribution in [0.3, 0.4) is 0 Å². The minimum Gasteiger partial charge on any atom is -0.486 e. The third kappa shape index (κ3) is 4.58. The van der Waals surface area contributed by atoms with E-state index in [1.165, 1.54) is 12.5 Å². The van der Waals surface area contributed by atoms with Crippen molar-refractivity contribution >= 4 is 23.2 Å². The summed E-state index contributed by atoms with van der Waals surface area (Å²) in [4.78, 5) is 26.0. The molecule has 0 saturated carbocycles. The number of benzene rings is 2. The molecule has 27 heavy (non-hydrogen) atoms. The van der Waals surface area contributed by atoms with Gasteiger partial charge in [0, 0.05) is 37.3 Å². The molecule has 0 saturated heterocycles. The van der Waals surface area contributed by atoms with Gasteiger partial charge in [0.15, 0.2) is 11.5 Å². The summed E-state index contributed by atoms with van der Waals surface area (Å²) in [6.07, 6.45) is 0.195. The fourth-order valence-corrected chi connectivity index (χ4v) is 2.92. The molecule has 142 valence electrons. The molecule has 0 fully saturated rings. The molecule has 1 aliphatic heterocycles. The zero-order valence-corrected chi connectivity index (χ0v) is 15.9. The number of carbonyl (C=O) groups is 2. The van der Waals surface area contributed by atoms with Gasteiger partial charge >= 0.3 is 0 Å². The molecule has 6 heteroatoms. The van der Waals surface area contributed by atoms with E-state index in [-0.39, 0.29) is 24.8 Å².